The summed E-state index contributed by atoms with van der Waals surface area (Å²) in [7, 11) is 0. The molecule has 2 unspecified atom stereocenters. The zero-order valence-electron chi connectivity index (χ0n) is 5.81. The van der Waals surface area contributed by atoms with Crippen LogP contribution in [0.15, 0.2) is 0 Å². The van der Waals surface area contributed by atoms with Gasteiger partial charge in [-0.3, -0.25) is 0 Å². The molecule has 0 saturated carbocycles. The molecule has 0 aromatic carbocycles. The topological polar surface area (TPSA) is 9.23 Å². The molecule has 2 atom stereocenters. The van der Waals surface area contributed by atoms with Crippen LogP contribution >= 0.6 is 0 Å². The summed E-state index contributed by atoms with van der Waals surface area (Å²) in [6, 6.07) is 0. The molecule has 0 radical (unpaired) electrons. The Kier molecular flexibility index (Phi) is 10.2. The Morgan fingerprint density at radius 1 is 0.889 bits per heavy atom. The predicted molar refractivity (Wildman–Crippen MR) is 46.8 cm³/mol. The normalized spacial score (nSPS) is 10.0. The van der Waals surface area contributed by atoms with Crippen LogP contribution in [0.3, 0.4) is 0 Å². The molecule has 0 saturated heterocycles. The summed E-state index contributed by atoms with van der Waals surface area (Å²) >= 11 is 3.60. The van der Waals surface area contributed by atoms with E-state index in [0.717, 1.165) is 13.2 Å². The Morgan fingerprint density at radius 3 is 1.67 bits per heavy atom. The minimum absolute atomic E-state index is 0.977. The summed E-state index contributed by atoms with van der Waals surface area (Å²) < 4.78 is 5.33. The molecule has 0 amide bonds. The molecular weight excluding hydrogens is 238 g/mol. The van der Waals surface area contributed by atoms with Crippen molar-refractivity contribution in [1.82, 2.24) is 0 Å². The summed E-state index contributed by atoms with van der Waals surface area (Å²) in [6.07, 6.45) is 2.49. The minimum atomic E-state index is 0.977. The average Bonchev–Trinajstić information content (AvgIpc) is 1.89. The van der Waals surface area contributed by atoms with Gasteiger partial charge in [0.2, 0.25) is 0 Å². The van der Waals surface area contributed by atoms with E-state index in [9.17, 15) is 0 Å². The Balaban J connectivity index is 2.60. The van der Waals surface area contributed by atoms with Crippen LogP contribution in [0, 0.1) is 0 Å². The Labute approximate surface area is 74.9 Å². The van der Waals surface area contributed by atoms with E-state index in [-0.39, 0.29) is 0 Å². The van der Waals surface area contributed by atoms with Crippen LogP contribution in [0.25, 0.3) is 0 Å². The van der Waals surface area contributed by atoms with Crippen LogP contribution in [-0.4, -0.2) is 46.9 Å². The Hall–Kier alpha value is 1.08. The average molecular weight is 254 g/mol. The van der Waals surface area contributed by atoms with E-state index in [4.69, 9.17) is 4.74 Å². The van der Waals surface area contributed by atoms with E-state index >= 15 is 0 Å². The summed E-state index contributed by atoms with van der Waals surface area (Å²) in [5.41, 5.74) is 0. The molecule has 0 aliphatic heterocycles. The van der Waals surface area contributed by atoms with Gasteiger partial charge in [-0.05, 0) is 0 Å². The van der Waals surface area contributed by atoms with E-state index in [0.29, 0.717) is 0 Å². The van der Waals surface area contributed by atoms with Gasteiger partial charge in [0.25, 0.3) is 0 Å². The quantitative estimate of drug-likeness (QED) is 0.474. The fourth-order valence-electron chi connectivity index (χ4n) is 0.473. The molecule has 0 aliphatic carbocycles. The summed E-state index contributed by atoms with van der Waals surface area (Å²) in [5.74, 6) is 0. The number of ether oxygens (including phenoxy) is 1. The molecule has 0 heterocycles. The van der Waals surface area contributed by atoms with Gasteiger partial charge < -0.3 is 0 Å². The molecule has 0 spiro atoms. The first kappa shape index (κ1) is 10.1. The van der Waals surface area contributed by atoms with Crippen LogP contribution in [0.1, 0.15) is 12.8 Å². The monoisotopic (exact) mass is 254 g/mol. The van der Waals surface area contributed by atoms with Gasteiger partial charge in [0, 0.05) is 0 Å². The van der Waals surface area contributed by atoms with Gasteiger partial charge in [-0.2, -0.15) is 0 Å². The molecule has 56 valence electrons. The van der Waals surface area contributed by atoms with Crippen molar-refractivity contribution in [3.05, 3.63) is 0 Å². The van der Waals surface area contributed by atoms with Crippen molar-refractivity contribution in [1.29, 1.82) is 0 Å². The van der Waals surface area contributed by atoms with Gasteiger partial charge in [0.15, 0.2) is 0 Å². The second-order valence-electron chi connectivity index (χ2n) is 1.90. The molecule has 0 fully saturated rings. The van der Waals surface area contributed by atoms with Gasteiger partial charge in [0.05, 0.1) is 0 Å². The van der Waals surface area contributed by atoms with Crippen LogP contribution in [0.4, 0.5) is 0 Å². The van der Waals surface area contributed by atoms with Crippen LogP contribution in [-0.2, 0) is 4.74 Å². The second-order valence-corrected chi connectivity index (χ2v) is 4.32. The molecule has 0 aromatic rings. The maximum absolute atomic E-state index is 5.33. The van der Waals surface area contributed by atoms with Crippen LogP contribution in [0.2, 0.25) is 10.4 Å². The van der Waals surface area contributed by atoms with Crippen molar-refractivity contribution in [3.8, 4) is 0 Å². The molecule has 0 bridgehead atoms. The predicted octanol–water partition coefficient (Wildman–Crippen LogP) is -0.114. The van der Waals surface area contributed by atoms with E-state index in [1.165, 1.54) is 23.3 Å². The van der Waals surface area contributed by atoms with Crippen molar-refractivity contribution in [2.24, 2.45) is 0 Å². The van der Waals surface area contributed by atoms with Crippen LogP contribution in [0.5, 0.6) is 0 Å². The van der Waals surface area contributed by atoms with Crippen molar-refractivity contribution in [3.63, 3.8) is 0 Å². The number of hydrogen-bond acceptors (Lipinski definition) is 1. The first-order valence-corrected chi connectivity index (χ1v) is 6.82. The standard InChI is InChI=1S/C6H16As2O/c7-3-1-5-9-6-2-4-8/h1-8H2. The van der Waals surface area contributed by atoms with Gasteiger partial charge in [-0.25, -0.2) is 0 Å². The zero-order valence-corrected chi connectivity index (χ0v) is 10.7. The molecule has 0 aromatic heterocycles. The van der Waals surface area contributed by atoms with Gasteiger partial charge in [0.1, 0.15) is 0 Å². The summed E-state index contributed by atoms with van der Waals surface area (Å²) in [5, 5.41) is 2.62. The van der Waals surface area contributed by atoms with Crippen molar-refractivity contribution in [2.45, 2.75) is 23.3 Å². The van der Waals surface area contributed by atoms with E-state index in [1.807, 2.05) is 0 Å². The molecule has 3 heteroatoms. The van der Waals surface area contributed by atoms with Crippen molar-refractivity contribution < 1.29 is 4.74 Å². The van der Waals surface area contributed by atoms with Gasteiger partial charge >= 0.3 is 74.9 Å². The van der Waals surface area contributed by atoms with E-state index in [2.05, 4.69) is 0 Å². The third kappa shape index (κ3) is 9.08. The van der Waals surface area contributed by atoms with Crippen LogP contribution < -0.4 is 0 Å². The summed E-state index contributed by atoms with van der Waals surface area (Å²) in [4.78, 5) is 0. The number of rotatable bonds is 6. The Bertz CT molecular complexity index is 44.3. The zero-order chi connectivity index (χ0) is 6.95. The Morgan fingerprint density at radius 2 is 1.33 bits per heavy atom. The van der Waals surface area contributed by atoms with Crippen molar-refractivity contribution >= 4 is 33.7 Å². The molecule has 0 N–H and O–H groups in total. The summed E-state index contributed by atoms with van der Waals surface area (Å²) in [6.45, 7) is 1.95. The maximum atomic E-state index is 5.33. The molecule has 1 nitrogen and oxygen atoms in total. The first-order valence-electron chi connectivity index (χ1n) is 3.39. The fourth-order valence-corrected chi connectivity index (χ4v) is 1.17. The SMILES string of the molecule is [AsH2]CCCOCCC[AsH2]. The molecule has 0 aliphatic rings. The van der Waals surface area contributed by atoms with E-state index < -0.39 is 0 Å². The number of hydrogen-bond donors (Lipinski definition) is 0. The third-order valence-corrected chi connectivity index (χ3v) is 2.70. The molecular formula is C6H16As2O. The first-order chi connectivity index (χ1) is 4.41. The fraction of sp³-hybridized carbons (Fsp3) is 1.00. The third-order valence-electron chi connectivity index (χ3n) is 0.986. The second kappa shape index (κ2) is 9.08. The van der Waals surface area contributed by atoms with Gasteiger partial charge in [-0.1, -0.05) is 0 Å². The van der Waals surface area contributed by atoms with Crippen molar-refractivity contribution in [2.75, 3.05) is 13.2 Å². The van der Waals surface area contributed by atoms with Gasteiger partial charge in [-0.15, -0.1) is 0 Å². The van der Waals surface area contributed by atoms with E-state index in [1.54, 1.807) is 33.7 Å². The molecule has 0 rings (SSSR count). The molecule has 9 heavy (non-hydrogen) atoms.